The van der Waals surface area contributed by atoms with E-state index in [9.17, 15) is 4.39 Å². The summed E-state index contributed by atoms with van der Waals surface area (Å²) in [7, 11) is 0. The molecule has 0 bridgehead atoms. The molecule has 0 spiro atoms. The summed E-state index contributed by atoms with van der Waals surface area (Å²) in [6, 6.07) is 11.3. The zero-order valence-corrected chi connectivity index (χ0v) is 15.8. The molecule has 2 rings (SSSR count). The highest BCUT2D eigenvalue weighted by molar-refractivity contribution is 9.10. The lowest BCUT2D eigenvalue weighted by Crippen LogP contribution is -2.32. The first-order valence-corrected chi connectivity index (χ1v) is 8.70. The van der Waals surface area contributed by atoms with Crippen molar-refractivity contribution in [1.29, 1.82) is 0 Å². The summed E-state index contributed by atoms with van der Waals surface area (Å²) in [6.07, 6.45) is 0.883. The van der Waals surface area contributed by atoms with Crippen LogP contribution in [0.4, 0.5) is 10.1 Å². The van der Waals surface area contributed by atoms with Crippen LogP contribution in [0, 0.1) is 19.7 Å². The molecule has 0 heterocycles. The van der Waals surface area contributed by atoms with Crippen LogP contribution in [0.1, 0.15) is 36.1 Å². The first-order chi connectivity index (χ1) is 10.9. The topological polar surface area (TPSA) is 24.1 Å². The Morgan fingerprint density at radius 1 is 1.22 bits per heavy atom. The summed E-state index contributed by atoms with van der Waals surface area (Å²) in [5.74, 6) is -0.344. The lowest BCUT2D eigenvalue weighted by atomic mass is 9.98. The Labute approximate surface area is 150 Å². The molecule has 122 valence electrons. The maximum atomic E-state index is 13.9. The van der Waals surface area contributed by atoms with E-state index in [-0.39, 0.29) is 11.9 Å². The Kier molecular flexibility index (Phi) is 6.13. The van der Waals surface area contributed by atoms with Gasteiger partial charge in [0, 0.05) is 4.47 Å². The van der Waals surface area contributed by atoms with Gasteiger partial charge in [-0.3, -0.25) is 0 Å². The number of benzene rings is 2. The van der Waals surface area contributed by atoms with E-state index in [2.05, 4.69) is 65.5 Å². The van der Waals surface area contributed by atoms with E-state index in [0.717, 1.165) is 6.42 Å². The van der Waals surface area contributed by atoms with Crippen LogP contribution in [0.5, 0.6) is 0 Å². The first kappa shape index (κ1) is 17.9. The van der Waals surface area contributed by atoms with Crippen LogP contribution < -0.4 is 10.6 Å². The predicted octanol–water partition coefficient (Wildman–Crippen LogP) is 5.64. The van der Waals surface area contributed by atoms with Crippen molar-refractivity contribution in [2.75, 3.05) is 5.32 Å². The van der Waals surface area contributed by atoms with Gasteiger partial charge in [0.05, 0.1) is 11.7 Å². The summed E-state index contributed by atoms with van der Waals surface area (Å²) in [4.78, 5) is 0. The Hall–Kier alpha value is -1.46. The van der Waals surface area contributed by atoms with Crippen molar-refractivity contribution in [1.82, 2.24) is 5.32 Å². The van der Waals surface area contributed by atoms with Gasteiger partial charge in [0.25, 0.3) is 0 Å². The molecule has 0 aliphatic heterocycles. The van der Waals surface area contributed by atoms with Crippen molar-refractivity contribution in [3.05, 3.63) is 63.4 Å². The molecule has 0 fully saturated rings. The van der Waals surface area contributed by atoms with Gasteiger partial charge < -0.3 is 10.6 Å². The highest BCUT2D eigenvalue weighted by Gasteiger charge is 2.14. The average molecular weight is 395 g/mol. The quantitative estimate of drug-likeness (QED) is 0.655. The smallest absolute Gasteiger partial charge is 0.171 e. The van der Waals surface area contributed by atoms with Crippen molar-refractivity contribution >= 4 is 38.9 Å². The van der Waals surface area contributed by atoms with Crippen molar-refractivity contribution in [3.63, 3.8) is 0 Å². The average Bonchev–Trinajstić information content (AvgIpc) is 2.48. The summed E-state index contributed by atoms with van der Waals surface area (Å²) >= 11 is 8.58. The molecule has 5 heteroatoms. The first-order valence-electron chi connectivity index (χ1n) is 7.50. The second kappa shape index (κ2) is 7.88. The van der Waals surface area contributed by atoms with Crippen molar-refractivity contribution < 1.29 is 4.39 Å². The number of hydrogen-bond acceptors (Lipinski definition) is 1. The zero-order valence-electron chi connectivity index (χ0n) is 13.4. The largest absolute Gasteiger partial charge is 0.356 e. The van der Waals surface area contributed by atoms with Gasteiger partial charge in [-0.05, 0) is 61.8 Å². The Morgan fingerprint density at radius 2 is 1.96 bits per heavy atom. The number of thiocarbonyl (C=S) groups is 1. The Bertz CT molecular complexity index is 718. The zero-order chi connectivity index (χ0) is 17.0. The fourth-order valence-electron chi connectivity index (χ4n) is 2.52. The molecule has 2 aromatic rings. The van der Waals surface area contributed by atoms with Crippen molar-refractivity contribution in [3.8, 4) is 0 Å². The van der Waals surface area contributed by atoms with Crippen LogP contribution in [-0.2, 0) is 0 Å². The van der Waals surface area contributed by atoms with E-state index in [4.69, 9.17) is 12.2 Å². The summed E-state index contributed by atoms with van der Waals surface area (Å²) < 4.78 is 14.6. The molecule has 0 amide bonds. The van der Waals surface area contributed by atoms with Gasteiger partial charge in [0.15, 0.2) is 5.11 Å². The van der Waals surface area contributed by atoms with Crippen LogP contribution >= 0.6 is 28.1 Å². The molecule has 0 saturated heterocycles. The molecule has 0 aliphatic rings. The third-order valence-electron chi connectivity index (χ3n) is 3.69. The minimum atomic E-state index is -0.344. The monoisotopic (exact) mass is 394 g/mol. The van der Waals surface area contributed by atoms with E-state index in [1.165, 1.54) is 22.8 Å². The van der Waals surface area contributed by atoms with Gasteiger partial charge in [0.1, 0.15) is 5.82 Å². The summed E-state index contributed by atoms with van der Waals surface area (Å²) in [6.45, 7) is 6.27. The van der Waals surface area contributed by atoms with Crippen LogP contribution in [0.15, 0.2) is 40.9 Å². The van der Waals surface area contributed by atoms with Gasteiger partial charge in [0.2, 0.25) is 0 Å². The summed E-state index contributed by atoms with van der Waals surface area (Å²) in [5.41, 5.74) is 4.03. The molecule has 0 aliphatic carbocycles. The maximum absolute atomic E-state index is 13.9. The Balaban J connectivity index is 2.10. The van der Waals surface area contributed by atoms with Crippen LogP contribution in [0.2, 0.25) is 0 Å². The standard InChI is InChI=1S/C18H20BrFN2S/c1-4-16(14-7-5-11(2)9-12(14)3)21-18(23)22-17-8-6-13(19)10-15(17)20/h5-10,16H,4H2,1-3H3,(H2,21,22,23)/t16-/m0/s1. The van der Waals surface area contributed by atoms with E-state index in [1.807, 2.05) is 0 Å². The molecule has 0 radical (unpaired) electrons. The molecule has 0 aromatic heterocycles. The molecule has 1 atom stereocenters. The molecule has 2 nitrogen and oxygen atoms in total. The molecular weight excluding hydrogens is 375 g/mol. The van der Waals surface area contributed by atoms with Crippen LogP contribution in [0.25, 0.3) is 0 Å². The van der Waals surface area contributed by atoms with E-state index in [0.29, 0.717) is 15.3 Å². The molecule has 0 saturated carbocycles. The number of rotatable bonds is 4. The molecule has 2 N–H and O–H groups in total. The molecule has 0 unspecified atom stereocenters. The van der Waals surface area contributed by atoms with Gasteiger partial charge in [-0.1, -0.05) is 46.6 Å². The summed E-state index contributed by atoms with van der Waals surface area (Å²) in [5, 5.41) is 6.62. The van der Waals surface area contributed by atoms with Crippen molar-refractivity contribution in [2.24, 2.45) is 0 Å². The number of nitrogens with one attached hydrogen (secondary N) is 2. The van der Waals surface area contributed by atoms with E-state index < -0.39 is 0 Å². The molecule has 2 aromatic carbocycles. The lowest BCUT2D eigenvalue weighted by molar-refractivity contribution is 0.621. The Morgan fingerprint density at radius 3 is 2.57 bits per heavy atom. The van der Waals surface area contributed by atoms with Gasteiger partial charge >= 0.3 is 0 Å². The van der Waals surface area contributed by atoms with E-state index in [1.54, 1.807) is 12.1 Å². The third-order valence-corrected chi connectivity index (χ3v) is 4.41. The fraction of sp³-hybridized carbons (Fsp3) is 0.278. The third kappa shape index (κ3) is 4.75. The van der Waals surface area contributed by atoms with Gasteiger partial charge in [-0.15, -0.1) is 0 Å². The number of halogens is 2. The number of aryl methyl sites for hydroxylation is 2. The number of anilines is 1. The highest BCUT2D eigenvalue weighted by Crippen LogP contribution is 2.23. The maximum Gasteiger partial charge on any atom is 0.171 e. The second-order valence-corrected chi connectivity index (χ2v) is 6.87. The van der Waals surface area contributed by atoms with Crippen LogP contribution in [-0.4, -0.2) is 5.11 Å². The van der Waals surface area contributed by atoms with Crippen LogP contribution in [0.3, 0.4) is 0 Å². The lowest BCUT2D eigenvalue weighted by Gasteiger charge is -2.22. The number of hydrogen-bond donors (Lipinski definition) is 2. The SMILES string of the molecule is CC[C@H](NC(=S)Nc1ccc(Br)cc1F)c1ccc(C)cc1C. The van der Waals surface area contributed by atoms with E-state index >= 15 is 0 Å². The van der Waals surface area contributed by atoms with Gasteiger partial charge in [-0.2, -0.15) is 0 Å². The van der Waals surface area contributed by atoms with Gasteiger partial charge in [-0.25, -0.2) is 4.39 Å². The minimum Gasteiger partial charge on any atom is -0.356 e. The predicted molar refractivity (Wildman–Crippen MR) is 102 cm³/mol. The molecular formula is C18H20BrFN2S. The second-order valence-electron chi connectivity index (χ2n) is 5.54. The molecule has 23 heavy (non-hydrogen) atoms. The minimum absolute atomic E-state index is 0.0918. The highest BCUT2D eigenvalue weighted by atomic mass is 79.9. The normalized spacial score (nSPS) is 11.9. The van der Waals surface area contributed by atoms with Crippen molar-refractivity contribution in [2.45, 2.75) is 33.2 Å². The fourth-order valence-corrected chi connectivity index (χ4v) is 3.11.